The Bertz CT molecular complexity index is 968. The highest BCUT2D eigenvalue weighted by Gasteiger charge is 2.14. The van der Waals surface area contributed by atoms with Crippen LogP contribution in [0.1, 0.15) is 16.1 Å². The standard InChI is InChI=1S/C20H20ClN5O2/c21-17-5-1-2-6-18(17)26-14-15(12-23-26)20(27)22-13-16-4-3-7-19(24-16)25-8-10-28-11-9-25/h1-7,12,14H,8-11,13H2,(H,22,27). The van der Waals surface area contributed by atoms with E-state index in [9.17, 15) is 4.79 Å². The van der Waals surface area contributed by atoms with E-state index < -0.39 is 0 Å². The van der Waals surface area contributed by atoms with Crippen molar-refractivity contribution in [3.8, 4) is 5.69 Å². The molecule has 0 spiro atoms. The van der Waals surface area contributed by atoms with Crippen molar-refractivity contribution < 1.29 is 9.53 Å². The summed E-state index contributed by atoms with van der Waals surface area (Å²) in [5.41, 5.74) is 1.99. The SMILES string of the molecule is O=C(NCc1cccc(N2CCOCC2)n1)c1cnn(-c2ccccc2Cl)c1. The zero-order valence-corrected chi connectivity index (χ0v) is 16.0. The average Bonchev–Trinajstić information content (AvgIpc) is 3.23. The maximum Gasteiger partial charge on any atom is 0.254 e. The monoisotopic (exact) mass is 397 g/mol. The van der Waals surface area contributed by atoms with Crippen LogP contribution in [0.4, 0.5) is 5.82 Å². The summed E-state index contributed by atoms with van der Waals surface area (Å²) in [6.45, 7) is 3.40. The zero-order valence-electron chi connectivity index (χ0n) is 15.2. The average molecular weight is 398 g/mol. The second-order valence-electron chi connectivity index (χ2n) is 6.39. The normalized spacial score (nSPS) is 14.1. The van der Waals surface area contributed by atoms with Gasteiger partial charge in [-0.2, -0.15) is 5.10 Å². The number of amides is 1. The molecule has 28 heavy (non-hydrogen) atoms. The van der Waals surface area contributed by atoms with Crippen LogP contribution in [0, 0.1) is 0 Å². The number of ether oxygens (including phenoxy) is 1. The van der Waals surface area contributed by atoms with Gasteiger partial charge in [-0.3, -0.25) is 4.79 Å². The molecule has 0 bridgehead atoms. The number of aromatic nitrogens is 3. The number of hydrogen-bond acceptors (Lipinski definition) is 5. The summed E-state index contributed by atoms with van der Waals surface area (Å²) in [6, 6.07) is 13.2. The summed E-state index contributed by atoms with van der Waals surface area (Å²) in [5, 5.41) is 7.70. The first-order valence-corrected chi connectivity index (χ1v) is 9.45. The van der Waals surface area contributed by atoms with Crippen LogP contribution < -0.4 is 10.2 Å². The van der Waals surface area contributed by atoms with Gasteiger partial charge in [-0.25, -0.2) is 9.67 Å². The number of nitrogens with zero attached hydrogens (tertiary/aromatic N) is 4. The molecule has 4 rings (SSSR count). The molecule has 1 amide bonds. The Morgan fingerprint density at radius 3 is 2.79 bits per heavy atom. The second kappa shape index (κ2) is 8.41. The number of pyridine rings is 1. The molecule has 1 aliphatic rings. The lowest BCUT2D eigenvalue weighted by Gasteiger charge is -2.28. The third kappa shape index (κ3) is 4.16. The minimum Gasteiger partial charge on any atom is -0.378 e. The number of para-hydroxylation sites is 1. The van der Waals surface area contributed by atoms with Crippen molar-refractivity contribution in [1.82, 2.24) is 20.1 Å². The van der Waals surface area contributed by atoms with E-state index in [2.05, 4.69) is 20.3 Å². The fourth-order valence-corrected chi connectivity index (χ4v) is 3.24. The van der Waals surface area contributed by atoms with Gasteiger partial charge in [0.25, 0.3) is 5.91 Å². The fraction of sp³-hybridized carbons (Fsp3) is 0.250. The van der Waals surface area contributed by atoms with Gasteiger partial charge in [0.1, 0.15) is 5.82 Å². The molecule has 1 saturated heterocycles. The van der Waals surface area contributed by atoms with E-state index in [-0.39, 0.29) is 5.91 Å². The van der Waals surface area contributed by atoms with Gasteiger partial charge in [0.15, 0.2) is 0 Å². The Kier molecular flexibility index (Phi) is 5.55. The molecule has 1 fully saturated rings. The van der Waals surface area contributed by atoms with Crippen LogP contribution in [0.5, 0.6) is 0 Å². The summed E-state index contributed by atoms with van der Waals surface area (Å²) in [7, 11) is 0. The van der Waals surface area contributed by atoms with Crippen molar-refractivity contribution in [2.45, 2.75) is 6.54 Å². The largest absolute Gasteiger partial charge is 0.378 e. The maximum atomic E-state index is 12.5. The van der Waals surface area contributed by atoms with Gasteiger partial charge >= 0.3 is 0 Å². The summed E-state index contributed by atoms with van der Waals surface area (Å²) < 4.78 is 6.97. The summed E-state index contributed by atoms with van der Waals surface area (Å²) in [5.74, 6) is 0.693. The molecule has 0 unspecified atom stereocenters. The minimum atomic E-state index is -0.211. The van der Waals surface area contributed by atoms with E-state index in [1.54, 1.807) is 16.9 Å². The molecule has 0 aliphatic carbocycles. The van der Waals surface area contributed by atoms with Crippen LogP contribution in [0.25, 0.3) is 5.69 Å². The molecule has 0 atom stereocenters. The Hall–Kier alpha value is -2.90. The number of carbonyl (C=O) groups is 1. The Morgan fingerprint density at radius 2 is 1.96 bits per heavy atom. The number of anilines is 1. The zero-order chi connectivity index (χ0) is 19.3. The minimum absolute atomic E-state index is 0.211. The molecule has 1 N–H and O–H groups in total. The summed E-state index contributed by atoms with van der Waals surface area (Å²) in [4.78, 5) is 19.3. The lowest BCUT2D eigenvalue weighted by atomic mass is 10.3. The molecule has 7 nitrogen and oxygen atoms in total. The smallest absolute Gasteiger partial charge is 0.254 e. The molecular formula is C20H20ClN5O2. The summed E-state index contributed by atoms with van der Waals surface area (Å²) in [6.07, 6.45) is 3.18. The van der Waals surface area contributed by atoms with E-state index in [4.69, 9.17) is 16.3 Å². The second-order valence-corrected chi connectivity index (χ2v) is 6.80. The lowest BCUT2D eigenvalue weighted by molar-refractivity contribution is 0.0950. The Morgan fingerprint density at radius 1 is 1.14 bits per heavy atom. The Balaban J connectivity index is 1.40. The van der Waals surface area contributed by atoms with Crippen molar-refractivity contribution in [2.24, 2.45) is 0 Å². The predicted molar refractivity (Wildman–Crippen MR) is 107 cm³/mol. The predicted octanol–water partition coefficient (Wildman–Crippen LogP) is 2.69. The maximum absolute atomic E-state index is 12.5. The van der Waals surface area contributed by atoms with Crippen LogP contribution in [0.3, 0.4) is 0 Å². The molecular weight excluding hydrogens is 378 g/mol. The van der Waals surface area contributed by atoms with Crippen molar-refractivity contribution in [2.75, 3.05) is 31.2 Å². The van der Waals surface area contributed by atoms with E-state index in [0.29, 0.717) is 30.3 Å². The van der Waals surface area contributed by atoms with Gasteiger partial charge < -0.3 is 15.0 Å². The van der Waals surface area contributed by atoms with Crippen LogP contribution in [0.15, 0.2) is 54.9 Å². The van der Waals surface area contributed by atoms with Gasteiger partial charge in [0.05, 0.1) is 47.9 Å². The van der Waals surface area contributed by atoms with E-state index in [1.165, 1.54) is 6.20 Å². The van der Waals surface area contributed by atoms with Crippen molar-refractivity contribution in [1.29, 1.82) is 0 Å². The van der Waals surface area contributed by atoms with E-state index >= 15 is 0 Å². The van der Waals surface area contributed by atoms with Gasteiger partial charge in [-0.05, 0) is 24.3 Å². The van der Waals surface area contributed by atoms with Crippen LogP contribution >= 0.6 is 11.6 Å². The third-order valence-electron chi connectivity index (χ3n) is 4.50. The highest BCUT2D eigenvalue weighted by molar-refractivity contribution is 6.32. The number of morpholine rings is 1. The first-order chi connectivity index (χ1) is 13.7. The summed E-state index contributed by atoms with van der Waals surface area (Å²) >= 11 is 6.19. The van der Waals surface area contributed by atoms with Crippen LogP contribution in [-0.2, 0) is 11.3 Å². The quantitative estimate of drug-likeness (QED) is 0.716. The molecule has 144 valence electrons. The number of hydrogen-bond donors (Lipinski definition) is 1. The van der Waals surface area contributed by atoms with E-state index in [1.807, 2.05) is 36.4 Å². The highest BCUT2D eigenvalue weighted by Crippen LogP contribution is 2.19. The Labute approximate surface area is 167 Å². The number of benzene rings is 1. The van der Waals surface area contributed by atoms with Gasteiger partial charge in [-0.15, -0.1) is 0 Å². The first kappa shape index (κ1) is 18.5. The van der Waals surface area contributed by atoms with Crippen molar-refractivity contribution in [3.63, 3.8) is 0 Å². The molecule has 0 saturated carbocycles. The van der Waals surface area contributed by atoms with Gasteiger partial charge in [0, 0.05) is 19.3 Å². The molecule has 0 radical (unpaired) electrons. The number of rotatable bonds is 5. The first-order valence-electron chi connectivity index (χ1n) is 9.07. The van der Waals surface area contributed by atoms with Gasteiger partial charge in [-0.1, -0.05) is 29.8 Å². The van der Waals surface area contributed by atoms with Crippen molar-refractivity contribution >= 4 is 23.3 Å². The van der Waals surface area contributed by atoms with Crippen LogP contribution in [-0.4, -0.2) is 47.0 Å². The molecule has 1 aromatic carbocycles. The third-order valence-corrected chi connectivity index (χ3v) is 4.82. The van der Waals surface area contributed by atoms with E-state index in [0.717, 1.165) is 30.3 Å². The molecule has 3 aromatic rings. The molecule has 8 heteroatoms. The van der Waals surface area contributed by atoms with Crippen molar-refractivity contribution in [3.05, 3.63) is 71.1 Å². The topological polar surface area (TPSA) is 72.3 Å². The molecule has 2 aromatic heterocycles. The molecule has 1 aliphatic heterocycles. The number of nitrogens with one attached hydrogen (secondary N) is 1. The number of carbonyl (C=O) groups excluding carboxylic acids is 1. The lowest BCUT2D eigenvalue weighted by Crippen LogP contribution is -2.37. The fourth-order valence-electron chi connectivity index (χ4n) is 3.02. The van der Waals surface area contributed by atoms with Gasteiger partial charge in [0.2, 0.25) is 0 Å². The molecule has 3 heterocycles. The highest BCUT2D eigenvalue weighted by atomic mass is 35.5. The van der Waals surface area contributed by atoms with Crippen LogP contribution in [0.2, 0.25) is 5.02 Å². The number of halogens is 1.